The number of hydrogen-bond acceptors (Lipinski definition) is 4. The second-order valence-electron chi connectivity index (χ2n) is 2.37. The molecular weight excluding hydrogens is 160 g/mol. The van der Waals surface area contributed by atoms with Gasteiger partial charge in [-0.1, -0.05) is 0 Å². The highest BCUT2D eigenvalue weighted by Gasteiger charge is 2.04. The standard InChI is InChI=1S/C8H15O4/c1-7(2)12-8(9)11-6-4-5-10-3/h7H,1,4-6H2,2-3H3. The molecule has 0 aliphatic carbocycles. The molecule has 1 radical (unpaired) electrons. The highest BCUT2D eigenvalue weighted by atomic mass is 16.7. The van der Waals surface area contributed by atoms with Gasteiger partial charge in [0.1, 0.15) is 6.10 Å². The highest BCUT2D eigenvalue weighted by molar-refractivity contribution is 5.60. The van der Waals surface area contributed by atoms with E-state index in [9.17, 15) is 4.79 Å². The first-order chi connectivity index (χ1) is 5.66. The number of methoxy groups -OCH3 is 1. The Labute approximate surface area is 72.8 Å². The van der Waals surface area contributed by atoms with Crippen molar-refractivity contribution in [3.8, 4) is 0 Å². The molecule has 0 N–H and O–H groups in total. The van der Waals surface area contributed by atoms with Gasteiger partial charge in [-0.15, -0.1) is 0 Å². The van der Waals surface area contributed by atoms with Crippen LogP contribution in [-0.2, 0) is 14.2 Å². The van der Waals surface area contributed by atoms with Gasteiger partial charge in [-0.2, -0.15) is 0 Å². The van der Waals surface area contributed by atoms with Crippen LogP contribution in [0.25, 0.3) is 0 Å². The summed E-state index contributed by atoms with van der Waals surface area (Å²) in [5, 5.41) is 0. The van der Waals surface area contributed by atoms with Gasteiger partial charge in [0.05, 0.1) is 6.61 Å². The molecule has 1 unspecified atom stereocenters. The van der Waals surface area contributed by atoms with Gasteiger partial charge < -0.3 is 14.2 Å². The molecule has 0 saturated heterocycles. The number of ether oxygens (including phenoxy) is 3. The van der Waals surface area contributed by atoms with Crippen molar-refractivity contribution in [3.63, 3.8) is 0 Å². The predicted molar refractivity (Wildman–Crippen MR) is 43.7 cm³/mol. The van der Waals surface area contributed by atoms with Crippen molar-refractivity contribution in [1.29, 1.82) is 0 Å². The first-order valence-electron chi connectivity index (χ1n) is 3.82. The molecule has 0 aliphatic rings. The second kappa shape index (κ2) is 6.91. The highest BCUT2D eigenvalue weighted by Crippen LogP contribution is 1.93. The zero-order chi connectivity index (χ0) is 9.40. The maximum atomic E-state index is 10.7. The molecule has 0 saturated carbocycles. The monoisotopic (exact) mass is 175 g/mol. The van der Waals surface area contributed by atoms with Crippen LogP contribution in [0.5, 0.6) is 0 Å². The lowest BCUT2D eigenvalue weighted by Gasteiger charge is -2.07. The third-order valence-corrected chi connectivity index (χ3v) is 1.01. The van der Waals surface area contributed by atoms with Crippen molar-refractivity contribution in [2.75, 3.05) is 20.3 Å². The molecule has 0 spiro atoms. The van der Waals surface area contributed by atoms with E-state index in [2.05, 4.69) is 16.4 Å². The van der Waals surface area contributed by atoms with Crippen LogP contribution in [0.15, 0.2) is 0 Å². The van der Waals surface area contributed by atoms with E-state index in [0.29, 0.717) is 19.6 Å². The average Bonchev–Trinajstić information content (AvgIpc) is 1.97. The summed E-state index contributed by atoms with van der Waals surface area (Å²) < 4.78 is 14.1. The topological polar surface area (TPSA) is 44.8 Å². The van der Waals surface area contributed by atoms with Crippen LogP contribution in [0.4, 0.5) is 4.79 Å². The predicted octanol–water partition coefficient (Wildman–Crippen LogP) is 1.40. The zero-order valence-electron chi connectivity index (χ0n) is 7.54. The Kier molecular flexibility index (Phi) is 6.47. The Balaban J connectivity index is 3.20. The third-order valence-electron chi connectivity index (χ3n) is 1.01. The molecule has 0 bridgehead atoms. The van der Waals surface area contributed by atoms with Crippen LogP contribution >= 0.6 is 0 Å². The van der Waals surface area contributed by atoms with Crippen LogP contribution < -0.4 is 0 Å². The third kappa shape index (κ3) is 7.34. The normalized spacial score (nSPS) is 10.0. The molecule has 0 aromatic carbocycles. The van der Waals surface area contributed by atoms with Gasteiger partial charge in [-0.05, 0) is 13.8 Å². The Morgan fingerprint density at radius 3 is 2.67 bits per heavy atom. The first kappa shape index (κ1) is 11.2. The minimum Gasteiger partial charge on any atom is -0.434 e. The fraction of sp³-hybridized carbons (Fsp3) is 0.750. The SMILES string of the molecule is [CH2]C(C)OC(=O)OCCCOC. The molecule has 0 fully saturated rings. The van der Waals surface area contributed by atoms with E-state index >= 15 is 0 Å². The number of hydrogen-bond donors (Lipinski definition) is 0. The molecule has 0 aromatic heterocycles. The maximum Gasteiger partial charge on any atom is 0.508 e. The van der Waals surface area contributed by atoms with Gasteiger partial charge in [0.2, 0.25) is 0 Å². The van der Waals surface area contributed by atoms with E-state index in [1.807, 2.05) is 0 Å². The molecule has 0 rings (SSSR count). The summed E-state index contributed by atoms with van der Waals surface area (Å²) in [7, 11) is 1.59. The summed E-state index contributed by atoms with van der Waals surface area (Å²) in [5.41, 5.74) is 0. The van der Waals surface area contributed by atoms with Gasteiger partial charge in [-0.25, -0.2) is 4.79 Å². The van der Waals surface area contributed by atoms with Crippen molar-refractivity contribution < 1.29 is 19.0 Å². The lowest BCUT2D eigenvalue weighted by molar-refractivity contribution is 0.0361. The first-order valence-corrected chi connectivity index (χ1v) is 3.82. The Bertz CT molecular complexity index is 122. The Morgan fingerprint density at radius 1 is 1.50 bits per heavy atom. The Morgan fingerprint density at radius 2 is 2.17 bits per heavy atom. The molecule has 4 nitrogen and oxygen atoms in total. The van der Waals surface area contributed by atoms with Gasteiger partial charge in [-0.3, -0.25) is 0 Å². The summed E-state index contributed by atoms with van der Waals surface area (Å²) in [6.45, 7) is 6.03. The van der Waals surface area contributed by atoms with Crippen LogP contribution in [0.1, 0.15) is 13.3 Å². The molecule has 0 amide bonds. The molecular formula is C8H15O4. The minimum atomic E-state index is -0.673. The van der Waals surface area contributed by atoms with Crippen molar-refractivity contribution in [2.45, 2.75) is 19.4 Å². The minimum absolute atomic E-state index is 0.319. The van der Waals surface area contributed by atoms with Crippen LogP contribution in [0.2, 0.25) is 0 Å². The molecule has 1 atom stereocenters. The van der Waals surface area contributed by atoms with Gasteiger partial charge >= 0.3 is 6.16 Å². The molecule has 71 valence electrons. The van der Waals surface area contributed by atoms with Crippen molar-refractivity contribution in [1.82, 2.24) is 0 Å². The summed E-state index contributed by atoms with van der Waals surface area (Å²) in [6.07, 6.45) is -0.370. The van der Waals surface area contributed by atoms with Crippen molar-refractivity contribution in [2.24, 2.45) is 0 Å². The van der Waals surface area contributed by atoms with E-state index in [0.717, 1.165) is 0 Å². The zero-order valence-corrected chi connectivity index (χ0v) is 7.54. The van der Waals surface area contributed by atoms with Crippen molar-refractivity contribution in [3.05, 3.63) is 6.92 Å². The fourth-order valence-electron chi connectivity index (χ4n) is 0.557. The second-order valence-corrected chi connectivity index (χ2v) is 2.37. The lowest BCUT2D eigenvalue weighted by atomic mass is 10.5. The van der Waals surface area contributed by atoms with E-state index in [4.69, 9.17) is 4.74 Å². The van der Waals surface area contributed by atoms with Crippen LogP contribution in [0.3, 0.4) is 0 Å². The fourth-order valence-corrected chi connectivity index (χ4v) is 0.557. The molecule has 12 heavy (non-hydrogen) atoms. The van der Waals surface area contributed by atoms with Crippen LogP contribution in [-0.4, -0.2) is 32.6 Å². The van der Waals surface area contributed by atoms with Crippen molar-refractivity contribution >= 4 is 6.16 Å². The number of carbonyl (C=O) groups excluding carboxylic acids is 1. The smallest absolute Gasteiger partial charge is 0.434 e. The number of carbonyl (C=O) groups is 1. The van der Waals surface area contributed by atoms with E-state index in [1.54, 1.807) is 14.0 Å². The summed E-state index contributed by atoms with van der Waals surface area (Å²) in [6, 6.07) is 0. The molecule has 0 aliphatic heterocycles. The Hall–Kier alpha value is -0.770. The van der Waals surface area contributed by atoms with Gasteiger partial charge in [0.15, 0.2) is 0 Å². The lowest BCUT2D eigenvalue weighted by Crippen LogP contribution is -2.14. The molecule has 0 aromatic rings. The quantitative estimate of drug-likeness (QED) is 0.468. The van der Waals surface area contributed by atoms with Crippen LogP contribution in [0, 0.1) is 6.92 Å². The number of rotatable bonds is 5. The summed E-state index contributed by atoms with van der Waals surface area (Å²) >= 11 is 0. The van der Waals surface area contributed by atoms with Gasteiger partial charge in [0, 0.05) is 20.1 Å². The molecule has 0 heterocycles. The van der Waals surface area contributed by atoms with E-state index in [-0.39, 0.29) is 6.10 Å². The van der Waals surface area contributed by atoms with E-state index < -0.39 is 6.16 Å². The largest absolute Gasteiger partial charge is 0.508 e. The maximum absolute atomic E-state index is 10.7. The summed E-state index contributed by atoms with van der Waals surface area (Å²) in [4.78, 5) is 10.7. The average molecular weight is 175 g/mol. The summed E-state index contributed by atoms with van der Waals surface area (Å²) in [5.74, 6) is 0. The van der Waals surface area contributed by atoms with Gasteiger partial charge in [0.25, 0.3) is 0 Å². The van der Waals surface area contributed by atoms with E-state index in [1.165, 1.54) is 0 Å². The molecule has 4 heteroatoms.